The van der Waals surface area contributed by atoms with E-state index >= 15 is 0 Å². The molecule has 3 nitrogen and oxygen atoms in total. The number of rotatable bonds is 3. The molecule has 2 aromatic heterocycles. The summed E-state index contributed by atoms with van der Waals surface area (Å²) < 4.78 is 11.4. The molecule has 0 bridgehead atoms. The van der Waals surface area contributed by atoms with E-state index in [-0.39, 0.29) is 6.85 Å². The van der Waals surface area contributed by atoms with Gasteiger partial charge in [-0.15, -0.1) is 11.3 Å². The summed E-state index contributed by atoms with van der Waals surface area (Å²) in [6, 6.07) is 58.2. The van der Waals surface area contributed by atoms with Crippen molar-refractivity contribution < 1.29 is 1.37 Å². The first kappa shape index (κ1) is 27.5. The van der Waals surface area contributed by atoms with Crippen molar-refractivity contribution in [1.29, 1.82) is 0 Å². The fraction of sp³-hybridized carbons (Fsp3) is 0. The summed E-state index contributed by atoms with van der Waals surface area (Å²) in [5.74, 6) is 0.611. The first-order valence-corrected chi connectivity index (χ1v) is 18.1. The lowest BCUT2D eigenvalue weighted by atomic mass is 9.45. The van der Waals surface area contributed by atoms with Gasteiger partial charge in [-0.2, -0.15) is 0 Å². The van der Waals surface area contributed by atoms with Crippen LogP contribution in [-0.2, 0) is 0 Å². The van der Waals surface area contributed by atoms with Crippen molar-refractivity contribution in [2.24, 2.45) is 0 Å². The molecule has 0 atom stereocenters. The minimum absolute atomic E-state index is 0.233. The Hall–Kier alpha value is -6.30. The molecule has 0 aliphatic carbocycles. The van der Waals surface area contributed by atoms with Gasteiger partial charge in [-0.05, 0) is 44.7 Å². The van der Waals surface area contributed by atoms with E-state index in [1.54, 1.807) is 0 Å². The fourth-order valence-corrected chi connectivity index (χ4v) is 9.55. The van der Waals surface area contributed by atoms with Gasteiger partial charge < -0.3 is 4.81 Å². The molecule has 236 valence electrons. The van der Waals surface area contributed by atoms with E-state index in [0.717, 1.165) is 33.3 Å². The predicted molar refractivity (Wildman–Crippen MR) is 218 cm³/mol. The molecule has 0 N–H and O–H groups in total. The van der Waals surface area contributed by atoms with Gasteiger partial charge in [0.2, 0.25) is 5.95 Å². The second-order valence-corrected chi connectivity index (χ2v) is 14.2. The Labute approximate surface area is 300 Å². The highest BCUT2D eigenvalue weighted by atomic mass is 32.1. The van der Waals surface area contributed by atoms with Gasteiger partial charge >= 0.3 is 6.85 Å². The zero-order valence-electron chi connectivity index (χ0n) is 28.4. The van der Waals surface area contributed by atoms with Crippen molar-refractivity contribution in [2.75, 3.05) is 4.81 Å². The lowest BCUT2D eigenvalue weighted by molar-refractivity contribution is 1.16. The average molecular weight is 667 g/mol. The van der Waals surface area contributed by atoms with Crippen LogP contribution < -0.4 is 15.7 Å². The molecule has 5 heteroatoms. The van der Waals surface area contributed by atoms with Crippen LogP contribution in [0.2, 0.25) is 0 Å². The Kier molecular flexibility index (Phi) is 5.99. The Morgan fingerprint density at radius 3 is 2.10 bits per heavy atom. The minimum atomic E-state index is -0.233. The van der Waals surface area contributed by atoms with Crippen LogP contribution in [0.5, 0.6) is 0 Å². The maximum absolute atomic E-state index is 8.95. The van der Waals surface area contributed by atoms with Gasteiger partial charge in [-0.25, -0.2) is 9.97 Å². The van der Waals surface area contributed by atoms with Gasteiger partial charge in [0.1, 0.15) is 0 Å². The van der Waals surface area contributed by atoms with E-state index in [1.165, 1.54) is 58.3 Å². The van der Waals surface area contributed by atoms with Gasteiger partial charge in [0.05, 0.1) is 23.0 Å². The van der Waals surface area contributed by atoms with Crippen molar-refractivity contribution in [2.45, 2.75) is 0 Å². The lowest BCUT2D eigenvalue weighted by Gasteiger charge is -2.39. The van der Waals surface area contributed by atoms with Crippen LogP contribution in [0.1, 0.15) is 1.37 Å². The molecule has 0 amide bonds. The van der Waals surface area contributed by atoms with Crippen molar-refractivity contribution in [1.82, 2.24) is 9.97 Å². The smallest absolute Gasteiger partial charge is 0.332 e. The highest BCUT2D eigenvalue weighted by molar-refractivity contribution is 7.26. The maximum atomic E-state index is 8.95. The monoisotopic (exact) mass is 666 g/mol. The number of aromatic nitrogens is 2. The zero-order chi connectivity index (χ0) is 34.3. The summed E-state index contributed by atoms with van der Waals surface area (Å²) in [6.07, 6.45) is 0. The Morgan fingerprint density at radius 1 is 0.549 bits per heavy atom. The topological polar surface area (TPSA) is 29.0 Å². The fourth-order valence-electron chi connectivity index (χ4n) is 8.28. The summed E-state index contributed by atoms with van der Waals surface area (Å²) in [6.45, 7) is -0.233. The van der Waals surface area contributed by atoms with Crippen molar-refractivity contribution in [3.8, 4) is 22.4 Å². The average Bonchev–Trinajstić information content (AvgIpc) is 3.60. The van der Waals surface area contributed by atoms with E-state index in [9.17, 15) is 0 Å². The van der Waals surface area contributed by atoms with E-state index in [2.05, 4.69) is 132 Å². The number of hydrogen-bond donors (Lipinski definition) is 0. The third kappa shape index (κ3) is 4.19. The Bertz CT molecular complexity index is 3070. The van der Waals surface area contributed by atoms with Crippen molar-refractivity contribution in [3.63, 3.8) is 0 Å². The maximum Gasteiger partial charge on any atom is 0.332 e. The van der Waals surface area contributed by atoms with Crippen molar-refractivity contribution in [3.05, 3.63) is 170 Å². The quantitative estimate of drug-likeness (QED) is 0.176. The van der Waals surface area contributed by atoms with Gasteiger partial charge in [-0.3, -0.25) is 0 Å². The summed E-state index contributed by atoms with van der Waals surface area (Å²) >= 11 is 1.85. The number of para-hydroxylation sites is 1. The molecule has 1 aliphatic rings. The molecule has 11 rings (SSSR count). The standard InChI is InChI=1S/C46H28BN3S/c1-3-16-30(17-4-1)43-35-23-11-13-25-38(35)48-46(49-43)50-44-42(34-22-10-9-21-33(34)40-36-24-12-14-26-39(36)51-45(40)44)41-32-20-8-7-15-29(32)27-28-37(41)47(50)31-18-5-2-6-19-31/h1-28H/i16D. The predicted octanol–water partition coefficient (Wildman–Crippen LogP) is 10.9. The normalized spacial score (nSPS) is 12.9. The molecule has 1 aliphatic heterocycles. The van der Waals surface area contributed by atoms with Crippen LogP contribution in [0.25, 0.3) is 75.0 Å². The molecule has 51 heavy (non-hydrogen) atoms. The van der Waals surface area contributed by atoms with Crippen LogP contribution in [0.3, 0.4) is 0 Å². The molecule has 10 aromatic rings. The highest BCUT2D eigenvalue weighted by Crippen LogP contribution is 2.54. The molecule has 0 unspecified atom stereocenters. The highest BCUT2D eigenvalue weighted by Gasteiger charge is 2.42. The van der Waals surface area contributed by atoms with E-state index in [4.69, 9.17) is 11.3 Å². The molecule has 8 aromatic carbocycles. The summed E-state index contributed by atoms with van der Waals surface area (Å²) in [5.41, 5.74) is 8.34. The second-order valence-electron chi connectivity index (χ2n) is 13.2. The molecule has 0 radical (unpaired) electrons. The number of fused-ring (bicyclic) bond motifs is 13. The molecule has 3 heterocycles. The lowest BCUT2D eigenvalue weighted by Crippen LogP contribution is -2.58. The van der Waals surface area contributed by atoms with Crippen molar-refractivity contribution >= 4 is 93.4 Å². The van der Waals surface area contributed by atoms with Crippen LogP contribution >= 0.6 is 11.3 Å². The van der Waals surface area contributed by atoms with E-state index in [1.807, 2.05) is 47.7 Å². The minimum Gasteiger partial charge on any atom is -0.344 e. The largest absolute Gasteiger partial charge is 0.344 e. The van der Waals surface area contributed by atoms with Crippen LogP contribution in [-0.4, -0.2) is 16.8 Å². The zero-order valence-corrected chi connectivity index (χ0v) is 28.2. The van der Waals surface area contributed by atoms with E-state index < -0.39 is 0 Å². The number of benzene rings is 8. The molecule has 0 fully saturated rings. The SMILES string of the molecule is [2H]c1ccccc1-c1nc(N2B(c3ccccc3)c3ccc4ccccc4c3-c3c2c2sc4ccccc4c2c2ccccc32)nc2ccccc12. The van der Waals surface area contributed by atoms with Gasteiger partial charge in [-0.1, -0.05) is 163 Å². The Morgan fingerprint density at radius 2 is 1.24 bits per heavy atom. The number of thiophene rings is 1. The third-order valence-electron chi connectivity index (χ3n) is 10.4. The van der Waals surface area contributed by atoms with E-state index in [0.29, 0.717) is 12.0 Å². The second kappa shape index (κ2) is 11.1. The molecular weight excluding hydrogens is 637 g/mol. The number of hydrogen-bond acceptors (Lipinski definition) is 4. The summed E-state index contributed by atoms with van der Waals surface area (Å²) in [5, 5.41) is 8.34. The van der Waals surface area contributed by atoms with Gasteiger partial charge in [0.15, 0.2) is 0 Å². The van der Waals surface area contributed by atoms with Crippen LogP contribution in [0, 0.1) is 0 Å². The number of anilines is 2. The molecule has 0 saturated carbocycles. The molecular formula is C46H28BN3S. The Balaban J connectivity index is 1.37. The summed E-state index contributed by atoms with van der Waals surface area (Å²) in [7, 11) is 0. The third-order valence-corrected chi connectivity index (χ3v) is 11.6. The molecule has 0 saturated heterocycles. The van der Waals surface area contributed by atoms with Gasteiger partial charge in [0.25, 0.3) is 0 Å². The number of nitrogens with zero attached hydrogens (tertiary/aromatic N) is 3. The summed E-state index contributed by atoms with van der Waals surface area (Å²) in [4.78, 5) is 13.3. The van der Waals surface area contributed by atoms with Gasteiger partial charge in [0, 0.05) is 32.0 Å². The first-order chi connectivity index (χ1) is 25.7. The molecule has 0 spiro atoms. The van der Waals surface area contributed by atoms with Crippen LogP contribution in [0.15, 0.2) is 170 Å². The van der Waals surface area contributed by atoms with Crippen LogP contribution in [0.4, 0.5) is 11.6 Å². The first-order valence-electron chi connectivity index (χ1n) is 17.8.